The van der Waals surface area contributed by atoms with Crippen LogP contribution < -0.4 is 14.8 Å². The fourth-order valence-electron chi connectivity index (χ4n) is 2.75. The van der Waals surface area contributed by atoms with E-state index in [2.05, 4.69) is 24.4 Å². The van der Waals surface area contributed by atoms with Crippen molar-refractivity contribution in [3.8, 4) is 11.5 Å². The van der Waals surface area contributed by atoms with Gasteiger partial charge < -0.3 is 14.8 Å². The van der Waals surface area contributed by atoms with Gasteiger partial charge in [-0.25, -0.2) is 0 Å². The van der Waals surface area contributed by atoms with Gasteiger partial charge in [-0.1, -0.05) is 25.3 Å². The van der Waals surface area contributed by atoms with Crippen molar-refractivity contribution in [2.75, 3.05) is 20.8 Å². The second-order valence-electron chi connectivity index (χ2n) is 5.83. The molecule has 0 bridgehead atoms. The molecule has 0 aliphatic heterocycles. The standard InChI is InChI=1S/C17H27NO2/c1-13(18-10-9-14-5-4-6-14)11-15-7-8-16(19-2)17(12-15)20-3/h7-8,12-14,18H,4-6,9-11H2,1-3H3. The van der Waals surface area contributed by atoms with Gasteiger partial charge in [0.25, 0.3) is 0 Å². The molecule has 3 nitrogen and oxygen atoms in total. The molecule has 0 saturated heterocycles. The summed E-state index contributed by atoms with van der Waals surface area (Å²) in [5.41, 5.74) is 1.28. The molecule has 1 aromatic rings. The van der Waals surface area contributed by atoms with E-state index in [0.717, 1.165) is 30.4 Å². The molecule has 20 heavy (non-hydrogen) atoms. The van der Waals surface area contributed by atoms with Gasteiger partial charge in [0.15, 0.2) is 11.5 Å². The largest absolute Gasteiger partial charge is 0.493 e. The van der Waals surface area contributed by atoms with Gasteiger partial charge in [-0.05, 0) is 49.9 Å². The predicted octanol–water partition coefficient (Wildman–Crippen LogP) is 3.41. The van der Waals surface area contributed by atoms with E-state index in [9.17, 15) is 0 Å². The highest BCUT2D eigenvalue weighted by Gasteiger charge is 2.16. The molecule has 1 unspecified atom stereocenters. The molecule has 1 saturated carbocycles. The minimum absolute atomic E-state index is 0.494. The van der Waals surface area contributed by atoms with Crippen molar-refractivity contribution in [2.24, 2.45) is 5.92 Å². The Morgan fingerprint density at radius 3 is 2.55 bits per heavy atom. The highest BCUT2D eigenvalue weighted by atomic mass is 16.5. The van der Waals surface area contributed by atoms with Crippen molar-refractivity contribution < 1.29 is 9.47 Å². The van der Waals surface area contributed by atoms with Crippen molar-refractivity contribution in [1.82, 2.24) is 5.32 Å². The van der Waals surface area contributed by atoms with Crippen molar-refractivity contribution in [3.05, 3.63) is 23.8 Å². The van der Waals surface area contributed by atoms with Crippen LogP contribution in [0, 0.1) is 5.92 Å². The van der Waals surface area contributed by atoms with Crippen LogP contribution in [0.2, 0.25) is 0 Å². The molecule has 0 aromatic heterocycles. The molecule has 1 aliphatic carbocycles. The Balaban J connectivity index is 1.78. The van der Waals surface area contributed by atoms with Crippen LogP contribution in [0.3, 0.4) is 0 Å². The summed E-state index contributed by atoms with van der Waals surface area (Å²) in [6, 6.07) is 6.66. The zero-order valence-electron chi connectivity index (χ0n) is 12.9. The lowest BCUT2D eigenvalue weighted by Crippen LogP contribution is -2.31. The van der Waals surface area contributed by atoms with Crippen molar-refractivity contribution in [3.63, 3.8) is 0 Å². The van der Waals surface area contributed by atoms with Gasteiger partial charge in [0, 0.05) is 6.04 Å². The summed E-state index contributed by atoms with van der Waals surface area (Å²) >= 11 is 0. The summed E-state index contributed by atoms with van der Waals surface area (Å²) in [7, 11) is 3.35. The third-order valence-electron chi connectivity index (χ3n) is 4.26. The van der Waals surface area contributed by atoms with Crippen LogP contribution in [0.25, 0.3) is 0 Å². The van der Waals surface area contributed by atoms with Gasteiger partial charge in [0.05, 0.1) is 14.2 Å². The fourth-order valence-corrected chi connectivity index (χ4v) is 2.75. The van der Waals surface area contributed by atoms with Crippen LogP contribution in [0.1, 0.15) is 38.2 Å². The van der Waals surface area contributed by atoms with Crippen LogP contribution in [-0.2, 0) is 6.42 Å². The minimum Gasteiger partial charge on any atom is -0.493 e. The molecule has 0 radical (unpaired) electrons. The highest BCUT2D eigenvalue weighted by Crippen LogP contribution is 2.29. The number of benzene rings is 1. The van der Waals surface area contributed by atoms with E-state index < -0.39 is 0 Å². The van der Waals surface area contributed by atoms with E-state index in [1.807, 2.05) is 6.07 Å². The topological polar surface area (TPSA) is 30.5 Å². The summed E-state index contributed by atoms with van der Waals surface area (Å²) in [5, 5.41) is 3.62. The molecule has 1 aromatic carbocycles. The summed E-state index contributed by atoms with van der Waals surface area (Å²) in [4.78, 5) is 0. The first-order valence-corrected chi connectivity index (χ1v) is 7.67. The highest BCUT2D eigenvalue weighted by molar-refractivity contribution is 5.43. The molecular formula is C17H27NO2. The molecule has 1 atom stereocenters. The lowest BCUT2D eigenvalue weighted by atomic mass is 9.83. The van der Waals surface area contributed by atoms with Crippen molar-refractivity contribution in [1.29, 1.82) is 0 Å². The summed E-state index contributed by atoms with van der Waals surface area (Å²) < 4.78 is 10.6. The SMILES string of the molecule is COc1ccc(CC(C)NCCC2CCC2)cc1OC. The van der Waals surface area contributed by atoms with Gasteiger partial charge in [-0.15, -0.1) is 0 Å². The van der Waals surface area contributed by atoms with Crippen LogP contribution in [-0.4, -0.2) is 26.8 Å². The average Bonchev–Trinajstić information content (AvgIpc) is 2.41. The summed E-state index contributed by atoms with van der Waals surface area (Å²) in [6.07, 6.45) is 6.66. The van der Waals surface area contributed by atoms with E-state index in [0.29, 0.717) is 6.04 Å². The second kappa shape index (κ2) is 7.53. The zero-order chi connectivity index (χ0) is 14.4. The molecule has 0 heterocycles. The number of ether oxygens (including phenoxy) is 2. The van der Waals surface area contributed by atoms with E-state index in [1.165, 1.54) is 31.2 Å². The molecule has 112 valence electrons. The first-order chi connectivity index (χ1) is 9.72. The number of hydrogen-bond acceptors (Lipinski definition) is 3. The van der Waals surface area contributed by atoms with Crippen LogP contribution in [0.4, 0.5) is 0 Å². The number of nitrogens with one attached hydrogen (secondary N) is 1. The first-order valence-electron chi connectivity index (χ1n) is 7.67. The molecule has 1 aliphatic rings. The second-order valence-corrected chi connectivity index (χ2v) is 5.83. The molecule has 2 rings (SSSR count). The predicted molar refractivity (Wildman–Crippen MR) is 82.7 cm³/mol. The Morgan fingerprint density at radius 1 is 1.20 bits per heavy atom. The third kappa shape index (κ3) is 4.14. The Kier molecular flexibility index (Phi) is 5.72. The maximum atomic E-state index is 5.35. The van der Waals surface area contributed by atoms with Gasteiger partial charge in [-0.2, -0.15) is 0 Å². The lowest BCUT2D eigenvalue weighted by Gasteiger charge is -2.26. The third-order valence-corrected chi connectivity index (χ3v) is 4.26. The van der Waals surface area contributed by atoms with Crippen LogP contribution in [0.15, 0.2) is 18.2 Å². The first kappa shape index (κ1) is 15.2. The van der Waals surface area contributed by atoms with Crippen molar-refractivity contribution >= 4 is 0 Å². The van der Waals surface area contributed by atoms with E-state index in [1.54, 1.807) is 14.2 Å². The summed E-state index contributed by atoms with van der Waals surface area (Å²) in [5.74, 6) is 2.59. The Hall–Kier alpha value is -1.22. The van der Waals surface area contributed by atoms with E-state index in [4.69, 9.17) is 9.47 Å². The van der Waals surface area contributed by atoms with Crippen LogP contribution in [0.5, 0.6) is 11.5 Å². The van der Waals surface area contributed by atoms with Gasteiger partial charge in [-0.3, -0.25) is 0 Å². The van der Waals surface area contributed by atoms with Gasteiger partial charge >= 0.3 is 0 Å². The zero-order valence-corrected chi connectivity index (χ0v) is 12.9. The van der Waals surface area contributed by atoms with Gasteiger partial charge in [0.1, 0.15) is 0 Å². The normalized spacial score (nSPS) is 16.6. The van der Waals surface area contributed by atoms with Crippen LogP contribution >= 0.6 is 0 Å². The van der Waals surface area contributed by atoms with Gasteiger partial charge in [0.2, 0.25) is 0 Å². The molecule has 0 amide bonds. The maximum absolute atomic E-state index is 5.35. The lowest BCUT2D eigenvalue weighted by molar-refractivity contribution is 0.288. The minimum atomic E-state index is 0.494. The number of methoxy groups -OCH3 is 2. The fraction of sp³-hybridized carbons (Fsp3) is 0.647. The maximum Gasteiger partial charge on any atom is 0.160 e. The number of hydrogen-bond donors (Lipinski definition) is 1. The monoisotopic (exact) mass is 277 g/mol. The summed E-state index contributed by atoms with van der Waals surface area (Å²) in [6.45, 7) is 3.39. The Labute approximate surface area is 122 Å². The van der Waals surface area contributed by atoms with Crippen molar-refractivity contribution in [2.45, 2.75) is 45.1 Å². The molecule has 3 heteroatoms. The Morgan fingerprint density at radius 2 is 1.95 bits per heavy atom. The molecular weight excluding hydrogens is 250 g/mol. The smallest absolute Gasteiger partial charge is 0.160 e. The molecule has 1 N–H and O–H groups in total. The Bertz CT molecular complexity index is 415. The average molecular weight is 277 g/mol. The number of rotatable bonds is 8. The molecule has 1 fully saturated rings. The quantitative estimate of drug-likeness (QED) is 0.790. The molecule has 0 spiro atoms. The van der Waals surface area contributed by atoms with E-state index >= 15 is 0 Å². The van der Waals surface area contributed by atoms with E-state index in [-0.39, 0.29) is 0 Å².